The summed E-state index contributed by atoms with van der Waals surface area (Å²) >= 11 is 0. The number of hydrogen-bond acceptors (Lipinski definition) is 6. The zero-order valence-corrected chi connectivity index (χ0v) is 12.1. The zero-order valence-electron chi connectivity index (χ0n) is 11.3. The quantitative estimate of drug-likeness (QED) is 0.822. The van der Waals surface area contributed by atoms with E-state index in [1.165, 1.54) is 11.0 Å². The molecule has 0 bridgehead atoms. The summed E-state index contributed by atoms with van der Waals surface area (Å²) in [5.74, 6) is -0.0853. The summed E-state index contributed by atoms with van der Waals surface area (Å²) in [5, 5.41) is 8.88. The summed E-state index contributed by atoms with van der Waals surface area (Å²) < 4.78 is 41.2. The molecule has 22 heavy (non-hydrogen) atoms. The Bertz CT molecular complexity index is 769. The Morgan fingerprint density at radius 3 is 2.91 bits per heavy atom. The van der Waals surface area contributed by atoms with Crippen molar-refractivity contribution in [1.82, 2.24) is 0 Å². The highest BCUT2D eigenvalue weighted by Crippen LogP contribution is 2.39. The van der Waals surface area contributed by atoms with Crippen LogP contribution in [0.5, 0.6) is 5.75 Å². The highest BCUT2D eigenvalue weighted by molar-refractivity contribution is 7.85. The van der Waals surface area contributed by atoms with Crippen molar-refractivity contribution < 1.29 is 27.2 Å². The third-order valence-electron chi connectivity index (χ3n) is 3.63. The Hall–Kier alpha value is -2.31. The normalized spacial score (nSPS) is 23.1. The second-order valence-corrected chi connectivity index (χ2v) is 6.61. The first kappa shape index (κ1) is 14.6. The van der Waals surface area contributed by atoms with Gasteiger partial charge in [-0.1, -0.05) is 0 Å². The van der Waals surface area contributed by atoms with E-state index < -0.39 is 34.1 Å². The molecule has 116 valence electrons. The van der Waals surface area contributed by atoms with E-state index in [1.807, 2.05) is 6.07 Å². The largest absolute Gasteiger partial charge is 0.489 e. The summed E-state index contributed by atoms with van der Waals surface area (Å²) in [6.07, 6.45) is -1.29. The molecule has 1 aromatic rings. The van der Waals surface area contributed by atoms with Gasteiger partial charge >= 0.3 is 6.09 Å². The molecule has 1 fully saturated rings. The molecular weight excluding hydrogens is 312 g/mol. The summed E-state index contributed by atoms with van der Waals surface area (Å²) in [5.41, 5.74) is 0.891. The zero-order chi connectivity index (χ0) is 15.9. The molecule has 0 saturated carbocycles. The predicted molar refractivity (Wildman–Crippen MR) is 74.2 cm³/mol. The molecule has 0 unspecified atom stereocenters. The first-order valence-corrected chi connectivity index (χ1v) is 8.12. The lowest BCUT2D eigenvalue weighted by Crippen LogP contribution is -2.44. The Morgan fingerprint density at radius 2 is 2.23 bits per heavy atom. The molecule has 0 radical (unpaired) electrons. The van der Waals surface area contributed by atoms with Gasteiger partial charge in [-0.05, 0) is 12.1 Å². The second-order valence-electron chi connectivity index (χ2n) is 5.04. The lowest BCUT2D eigenvalue weighted by molar-refractivity contribution is 0.119. The van der Waals surface area contributed by atoms with Crippen molar-refractivity contribution in [2.75, 3.05) is 17.3 Å². The molecule has 1 saturated heterocycles. The van der Waals surface area contributed by atoms with Crippen LogP contribution in [0.15, 0.2) is 18.2 Å². The molecule has 1 amide bonds. The van der Waals surface area contributed by atoms with Crippen LogP contribution in [0.2, 0.25) is 0 Å². The first-order chi connectivity index (χ1) is 10.4. The molecule has 2 atom stereocenters. The number of carbonyl (C=O) groups is 1. The maximum Gasteiger partial charge on any atom is 0.415 e. The number of rotatable bonds is 3. The molecule has 2 aliphatic rings. The van der Waals surface area contributed by atoms with E-state index in [2.05, 4.69) is 0 Å². The number of hydrogen-bond donors (Lipinski definition) is 1. The van der Waals surface area contributed by atoms with E-state index in [9.17, 15) is 13.2 Å². The van der Waals surface area contributed by atoms with Crippen molar-refractivity contribution in [1.29, 1.82) is 5.26 Å². The van der Waals surface area contributed by atoms with E-state index in [0.717, 1.165) is 0 Å². The third kappa shape index (κ3) is 2.58. The second kappa shape index (κ2) is 5.15. The summed E-state index contributed by atoms with van der Waals surface area (Å²) in [6, 6.07) is 6.20. The Morgan fingerprint density at radius 1 is 1.45 bits per heavy atom. The molecule has 2 aliphatic heterocycles. The highest BCUT2D eigenvalue weighted by atomic mass is 32.2. The number of fused-ring (bicyclic) bond motifs is 3. The van der Waals surface area contributed by atoms with Crippen LogP contribution in [0, 0.1) is 11.3 Å². The fourth-order valence-corrected chi connectivity index (χ4v) is 3.15. The van der Waals surface area contributed by atoms with Crippen LogP contribution in [0.25, 0.3) is 0 Å². The van der Waals surface area contributed by atoms with E-state index in [1.54, 1.807) is 12.1 Å². The highest BCUT2D eigenvalue weighted by Gasteiger charge is 2.46. The van der Waals surface area contributed by atoms with Crippen LogP contribution in [0.1, 0.15) is 12.0 Å². The minimum Gasteiger partial charge on any atom is -0.489 e. The van der Waals surface area contributed by atoms with Gasteiger partial charge in [-0.3, -0.25) is 9.45 Å². The number of carbonyl (C=O) groups excluding carboxylic acids is 1. The van der Waals surface area contributed by atoms with Gasteiger partial charge in [-0.15, -0.1) is 0 Å². The van der Waals surface area contributed by atoms with Crippen LogP contribution in [0.3, 0.4) is 0 Å². The van der Waals surface area contributed by atoms with Crippen molar-refractivity contribution in [2.24, 2.45) is 0 Å². The molecule has 9 heteroatoms. The van der Waals surface area contributed by atoms with E-state index in [-0.39, 0.29) is 13.0 Å². The van der Waals surface area contributed by atoms with Gasteiger partial charge in [0, 0.05) is 12.5 Å². The third-order valence-corrected chi connectivity index (χ3v) is 4.38. The molecule has 3 rings (SSSR count). The predicted octanol–water partition coefficient (Wildman–Crippen LogP) is 0.922. The molecular formula is C13H12N2O6S. The number of cyclic esters (lactones) is 1. The molecule has 8 nitrogen and oxygen atoms in total. The lowest BCUT2D eigenvalue weighted by atomic mass is 10.1. The molecule has 0 spiro atoms. The Balaban J connectivity index is 1.86. The minimum absolute atomic E-state index is 0.0132. The average molecular weight is 324 g/mol. The van der Waals surface area contributed by atoms with Gasteiger partial charge in [0.05, 0.1) is 23.1 Å². The maximum atomic E-state index is 12.0. The number of ether oxygens (including phenoxy) is 2. The number of anilines is 1. The minimum atomic E-state index is -4.12. The van der Waals surface area contributed by atoms with Crippen LogP contribution in [-0.4, -0.2) is 43.6 Å². The summed E-state index contributed by atoms with van der Waals surface area (Å²) in [4.78, 5) is 13.4. The van der Waals surface area contributed by atoms with Crippen molar-refractivity contribution in [3.63, 3.8) is 0 Å². The van der Waals surface area contributed by atoms with E-state index in [0.29, 0.717) is 17.0 Å². The van der Waals surface area contributed by atoms with Gasteiger partial charge in [0.1, 0.15) is 24.5 Å². The van der Waals surface area contributed by atoms with Gasteiger partial charge < -0.3 is 9.47 Å². The van der Waals surface area contributed by atoms with Crippen molar-refractivity contribution in [3.8, 4) is 11.8 Å². The van der Waals surface area contributed by atoms with Crippen LogP contribution in [0.4, 0.5) is 10.5 Å². The van der Waals surface area contributed by atoms with E-state index >= 15 is 0 Å². The van der Waals surface area contributed by atoms with Crippen LogP contribution in [-0.2, 0) is 14.9 Å². The maximum absolute atomic E-state index is 12.0. The number of nitriles is 1. The molecule has 2 heterocycles. The summed E-state index contributed by atoms with van der Waals surface area (Å²) in [7, 11) is -4.12. The van der Waals surface area contributed by atoms with Crippen LogP contribution < -0.4 is 9.64 Å². The lowest BCUT2D eigenvalue weighted by Gasteiger charge is -2.31. The first-order valence-electron chi connectivity index (χ1n) is 6.51. The van der Waals surface area contributed by atoms with Gasteiger partial charge in [0.25, 0.3) is 10.1 Å². The number of amides is 1. The Labute approximate surface area is 126 Å². The molecule has 1 N–H and O–H groups in total. The topological polar surface area (TPSA) is 117 Å². The van der Waals surface area contributed by atoms with E-state index in [4.69, 9.17) is 19.3 Å². The van der Waals surface area contributed by atoms with Gasteiger partial charge in [0.15, 0.2) is 0 Å². The SMILES string of the molecule is N#Cc1ccc2c(c1)OC[C@H]1[C@@H](CCS(=O)(=O)O)OC(=O)N21. The van der Waals surface area contributed by atoms with Crippen molar-refractivity contribution in [3.05, 3.63) is 23.8 Å². The van der Waals surface area contributed by atoms with Gasteiger partial charge in [0.2, 0.25) is 0 Å². The Kier molecular flexibility index (Phi) is 3.42. The monoisotopic (exact) mass is 324 g/mol. The average Bonchev–Trinajstić information content (AvgIpc) is 2.80. The number of benzene rings is 1. The molecule has 0 aromatic heterocycles. The van der Waals surface area contributed by atoms with Gasteiger partial charge in [-0.2, -0.15) is 13.7 Å². The smallest absolute Gasteiger partial charge is 0.415 e. The fourth-order valence-electron chi connectivity index (χ4n) is 2.62. The fraction of sp³-hybridized carbons (Fsp3) is 0.385. The molecule has 0 aliphatic carbocycles. The van der Waals surface area contributed by atoms with Gasteiger partial charge in [-0.25, -0.2) is 4.79 Å². The van der Waals surface area contributed by atoms with Crippen LogP contribution >= 0.6 is 0 Å². The molecule has 1 aromatic carbocycles. The van der Waals surface area contributed by atoms with Crippen molar-refractivity contribution >= 4 is 21.9 Å². The van der Waals surface area contributed by atoms with Crippen molar-refractivity contribution in [2.45, 2.75) is 18.6 Å². The number of nitrogens with zero attached hydrogens (tertiary/aromatic N) is 2. The summed E-state index contributed by atoms with van der Waals surface area (Å²) in [6.45, 7) is 0.129. The standard InChI is InChI=1S/C13H12N2O6S/c14-6-8-1-2-9-12(5-8)20-7-10-11(3-4-22(17,18)19)21-13(16)15(9)10/h1-2,5,10-11H,3-4,7H2,(H,17,18,19)/t10-,11+/m0/s1.